The molecule has 1 fully saturated rings. The lowest BCUT2D eigenvalue weighted by molar-refractivity contribution is -0.115. The number of likely N-dealkylation sites (tertiary alicyclic amines) is 1. The van der Waals surface area contributed by atoms with Gasteiger partial charge >= 0.3 is 0 Å². The van der Waals surface area contributed by atoms with Crippen molar-refractivity contribution >= 4 is 50.7 Å². The van der Waals surface area contributed by atoms with Crippen LogP contribution >= 0.6 is 35.3 Å². The third-order valence-corrected chi connectivity index (χ3v) is 6.29. The molecule has 1 aromatic carbocycles. The van der Waals surface area contributed by atoms with Crippen LogP contribution in [-0.2, 0) is 4.79 Å². The van der Waals surface area contributed by atoms with Crippen LogP contribution < -0.4 is 5.32 Å². The van der Waals surface area contributed by atoms with Crippen LogP contribution in [0.15, 0.2) is 23.6 Å². The number of halogens is 2. The molecule has 138 valence electrons. The monoisotopic (exact) mass is 413 g/mol. The zero-order valence-electron chi connectivity index (χ0n) is 14.0. The third kappa shape index (κ3) is 4.57. The number of carbonyl (C=O) groups excluding carboxylic acids is 1. The van der Waals surface area contributed by atoms with Crippen LogP contribution in [0.2, 0.25) is 0 Å². The molecule has 4 nitrogen and oxygen atoms in total. The Hall–Kier alpha value is -1.58. The predicted molar refractivity (Wildman–Crippen MR) is 107 cm³/mol. The molecule has 3 rings (SSSR count). The van der Waals surface area contributed by atoms with Crippen molar-refractivity contribution in [2.75, 3.05) is 18.4 Å². The van der Waals surface area contributed by atoms with Gasteiger partial charge in [-0.05, 0) is 38.0 Å². The van der Waals surface area contributed by atoms with E-state index in [1.54, 1.807) is 12.3 Å². The molecule has 1 aliphatic heterocycles. The second-order valence-electron chi connectivity index (χ2n) is 5.88. The third-order valence-electron chi connectivity index (χ3n) is 3.96. The van der Waals surface area contributed by atoms with Crippen LogP contribution in [0.5, 0.6) is 0 Å². The first-order chi connectivity index (χ1) is 12.4. The highest BCUT2D eigenvalue weighted by atomic mass is 32.2. The van der Waals surface area contributed by atoms with Crippen molar-refractivity contribution < 1.29 is 13.6 Å². The highest BCUT2D eigenvalue weighted by molar-refractivity contribution is 8.23. The molecule has 1 aliphatic rings. The first kappa shape index (κ1) is 19.2. The lowest BCUT2D eigenvalue weighted by Gasteiger charge is -2.20. The Morgan fingerprint density at radius 2 is 2.08 bits per heavy atom. The van der Waals surface area contributed by atoms with E-state index in [1.807, 2.05) is 0 Å². The highest BCUT2D eigenvalue weighted by Gasteiger charge is 2.22. The maximum absolute atomic E-state index is 13.3. The number of carbonyl (C=O) groups is 1. The largest absolute Gasteiger partial charge is 0.358 e. The number of hydrogen-bond donors (Lipinski definition) is 1. The summed E-state index contributed by atoms with van der Waals surface area (Å²) >= 11 is 7.99. The van der Waals surface area contributed by atoms with E-state index in [2.05, 4.69) is 15.2 Å². The van der Waals surface area contributed by atoms with Crippen LogP contribution in [0.25, 0.3) is 11.3 Å². The number of thiocarbonyl (C=S) groups is 1. The fraction of sp³-hybridized carbons (Fsp3) is 0.353. The molecule has 0 aliphatic carbocycles. The first-order valence-electron chi connectivity index (χ1n) is 8.11. The Balaban J connectivity index is 1.60. The zero-order chi connectivity index (χ0) is 18.7. The molecule has 0 spiro atoms. The van der Waals surface area contributed by atoms with Crippen molar-refractivity contribution in [1.29, 1.82) is 0 Å². The van der Waals surface area contributed by atoms with Gasteiger partial charge in [0.1, 0.15) is 4.32 Å². The number of aromatic nitrogens is 1. The smallest absolute Gasteiger partial charge is 0.239 e. The standard InChI is InChI=1S/C17H17F2N3OS3/c1-10(26-17(24)22-6-2-3-7-22)15(23)21-16-20-14(9-25-16)11-4-5-12(18)13(19)8-11/h4-5,8-10H,2-3,6-7H2,1H3,(H,20,21,23). The number of rotatable bonds is 4. The SMILES string of the molecule is CC(SC(=S)N1CCCC1)C(=O)Nc1nc(-c2ccc(F)c(F)c2)cs1. The van der Waals surface area contributed by atoms with Gasteiger partial charge in [0.2, 0.25) is 5.91 Å². The average molecular weight is 414 g/mol. The summed E-state index contributed by atoms with van der Waals surface area (Å²) in [4.78, 5) is 18.7. The van der Waals surface area contributed by atoms with Crippen LogP contribution in [0, 0.1) is 11.6 Å². The Morgan fingerprint density at radius 1 is 1.35 bits per heavy atom. The molecule has 1 saturated heterocycles. The minimum absolute atomic E-state index is 0.192. The minimum Gasteiger partial charge on any atom is -0.358 e. The fourth-order valence-corrected chi connectivity index (χ4v) is 4.64. The molecule has 1 N–H and O–H groups in total. The number of anilines is 1. The Labute approximate surface area is 164 Å². The van der Waals surface area contributed by atoms with Gasteiger partial charge in [0.25, 0.3) is 0 Å². The Kier molecular flexibility index (Phi) is 6.20. The summed E-state index contributed by atoms with van der Waals surface area (Å²) in [6.07, 6.45) is 2.26. The van der Waals surface area contributed by atoms with Crippen molar-refractivity contribution in [3.8, 4) is 11.3 Å². The average Bonchev–Trinajstić information content (AvgIpc) is 3.29. The number of thiazole rings is 1. The van der Waals surface area contributed by atoms with Gasteiger partial charge in [0.15, 0.2) is 16.8 Å². The molecule has 1 amide bonds. The number of benzene rings is 1. The van der Waals surface area contributed by atoms with Crippen molar-refractivity contribution in [2.24, 2.45) is 0 Å². The summed E-state index contributed by atoms with van der Waals surface area (Å²) < 4.78 is 27.1. The normalized spacial score (nSPS) is 15.1. The zero-order valence-corrected chi connectivity index (χ0v) is 16.4. The number of nitrogens with one attached hydrogen (secondary N) is 1. The summed E-state index contributed by atoms with van der Waals surface area (Å²) in [6.45, 7) is 3.70. The number of hydrogen-bond acceptors (Lipinski definition) is 5. The molecular formula is C17H17F2N3OS3. The van der Waals surface area contributed by atoms with E-state index in [4.69, 9.17) is 12.2 Å². The summed E-state index contributed by atoms with van der Waals surface area (Å²) in [6, 6.07) is 3.59. The van der Waals surface area contributed by atoms with Gasteiger partial charge in [-0.3, -0.25) is 4.79 Å². The molecule has 1 atom stereocenters. The lowest BCUT2D eigenvalue weighted by Crippen LogP contribution is -2.29. The van der Waals surface area contributed by atoms with Gasteiger partial charge in [0, 0.05) is 24.0 Å². The van der Waals surface area contributed by atoms with E-state index in [0.717, 1.165) is 42.4 Å². The van der Waals surface area contributed by atoms with E-state index >= 15 is 0 Å². The van der Waals surface area contributed by atoms with Crippen molar-refractivity contribution in [3.05, 3.63) is 35.2 Å². The lowest BCUT2D eigenvalue weighted by atomic mass is 10.2. The fourth-order valence-electron chi connectivity index (χ4n) is 2.51. The van der Waals surface area contributed by atoms with E-state index in [0.29, 0.717) is 16.4 Å². The Bertz CT molecular complexity index is 821. The molecule has 26 heavy (non-hydrogen) atoms. The van der Waals surface area contributed by atoms with Crippen molar-refractivity contribution in [1.82, 2.24) is 9.88 Å². The predicted octanol–water partition coefficient (Wildman–Crippen LogP) is 4.53. The van der Waals surface area contributed by atoms with Crippen LogP contribution in [-0.4, -0.2) is 38.5 Å². The maximum atomic E-state index is 13.3. The number of amides is 1. The van der Waals surface area contributed by atoms with Crippen LogP contribution in [0.1, 0.15) is 19.8 Å². The van der Waals surface area contributed by atoms with Gasteiger partial charge in [-0.1, -0.05) is 24.0 Å². The summed E-state index contributed by atoms with van der Waals surface area (Å²) in [5.74, 6) is -2.03. The van der Waals surface area contributed by atoms with E-state index < -0.39 is 11.6 Å². The number of nitrogens with zero attached hydrogens (tertiary/aromatic N) is 2. The van der Waals surface area contributed by atoms with Crippen molar-refractivity contribution in [2.45, 2.75) is 25.0 Å². The van der Waals surface area contributed by atoms with Crippen LogP contribution in [0.3, 0.4) is 0 Å². The van der Waals surface area contributed by atoms with Gasteiger partial charge in [-0.25, -0.2) is 13.8 Å². The summed E-state index contributed by atoms with van der Waals surface area (Å²) in [5, 5.41) is 4.51. The molecule has 9 heteroatoms. The van der Waals surface area contributed by atoms with Crippen molar-refractivity contribution in [3.63, 3.8) is 0 Å². The molecule has 2 heterocycles. The maximum Gasteiger partial charge on any atom is 0.239 e. The molecule has 0 saturated carbocycles. The molecule has 1 aromatic heterocycles. The number of thioether (sulfide) groups is 1. The molecular weight excluding hydrogens is 396 g/mol. The second kappa shape index (κ2) is 8.41. The topological polar surface area (TPSA) is 45.2 Å². The first-order valence-corrected chi connectivity index (χ1v) is 10.3. The van der Waals surface area contributed by atoms with Gasteiger partial charge in [-0.15, -0.1) is 11.3 Å². The van der Waals surface area contributed by atoms with Gasteiger partial charge in [-0.2, -0.15) is 0 Å². The Morgan fingerprint density at radius 3 is 2.77 bits per heavy atom. The van der Waals surface area contributed by atoms with Gasteiger partial charge < -0.3 is 10.2 Å². The molecule has 1 unspecified atom stereocenters. The van der Waals surface area contributed by atoms with Crippen LogP contribution in [0.4, 0.5) is 13.9 Å². The molecule has 0 radical (unpaired) electrons. The minimum atomic E-state index is -0.929. The van der Waals surface area contributed by atoms with Gasteiger partial charge in [0.05, 0.1) is 10.9 Å². The molecule has 0 bridgehead atoms. The summed E-state index contributed by atoms with van der Waals surface area (Å²) in [7, 11) is 0. The summed E-state index contributed by atoms with van der Waals surface area (Å²) in [5.41, 5.74) is 0.940. The second-order valence-corrected chi connectivity index (χ2v) is 8.71. The van der Waals surface area contributed by atoms with E-state index in [-0.39, 0.29) is 11.2 Å². The van der Waals surface area contributed by atoms with E-state index in [9.17, 15) is 13.6 Å². The van der Waals surface area contributed by atoms with E-state index in [1.165, 1.54) is 29.2 Å². The highest BCUT2D eigenvalue weighted by Crippen LogP contribution is 2.27. The quantitative estimate of drug-likeness (QED) is 0.746. The molecule has 2 aromatic rings.